The highest BCUT2D eigenvalue weighted by Gasteiger charge is 2.24. The molecule has 20 heavy (non-hydrogen) atoms. The van der Waals surface area contributed by atoms with E-state index in [0.717, 1.165) is 19.4 Å². The van der Waals surface area contributed by atoms with Crippen LogP contribution < -0.4 is 10.1 Å². The van der Waals surface area contributed by atoms with Gasteiger partial charge in [-0.25, -0.2) is 0 Å². The molecule has 0 aromatic heterocycles. The molecule has 2 amide bonds. The largest absolute Gasteiger partial charge is 0.484 e. The number of nitrogens with zero attached hydrogens (tertiary/aromatic N) is 1. The first-order chi connectivity index (χ1) is 9.65. The van der Waals surface area contributed by atoms with Crippen molar-refractivity contribution in [2.45, 2.75) is 25.8 Å². The fourth-order valence-electron chi connectivity index (χ4n) is 2.36. The van der Waals surface area contributed by atoms with Crippen LogP contribution in [0.2, 0.25) is 0 Å². The SMILES string of the molecule is CC(=O)NC1CCCN(C(=O)COc2ccccc2)C1. The van der Waals surface area contributed by atoms with E-state index in [1.54, 1.807) is 4.90 Å². The summed E-state index contributed by atoms with van der Waals surface area (Å²) in [5, 5.41) is 2.87. The van der Waals surface area contributed by atoms with Gasteiger partial charge < -0.3 is 15.0 Å². The molecule has 1 fully saturated rings. The molecule has 1 N–H and O–H groups in total. The normalized spacial score (nSPS) is 18.4. The number of hydrogen-bond donors (Lipinski definition) is 1. The Labute approximate surface area is 118 Å². The predicted molar refractivity (Wildman–Crippen MR) is 75.4 cm³/mol. The van der Waals surface area contributed by atoms with Crippen LogP contribution >= 0.6 is 0 Å². The van der Waals surface area contributed by atoms with Crippen LogP contribution in [0.25, 0.3) is 0 Å². The first-order valence-corrected chi connectivity index (χ1v) is 6.88. The molecule has 1 aromatic carbocycles. The van der Waals surface area contributed by atoms with E-state index in [1.165, 1.54) is 6.92 Å². The summed E-state index contributed by atoms with van der Waals surface area (Å²) >= 11 is 0. The standard InChI is InChI=1S/C15H20N2O3/c1-12(18)16-13-6-5-9-17(10-13)15(19)11-20-14-7-3-2-4-8-14/h2-4,7-8,13H,5-6,9-11H2,1H3,(H,16,18). The fourth-order valence-corrected chi connectivity index (χ4v) is 2.36. The van der Waals surface area contributed by atoms with Crippen molar-refractivity contribution in [2.24, 2.45) is 0 Å². The number of carbonyl (C=O) groups excluding carboxylic acids is 2. The number of likely N-dealkylation sites (tertiary alicyclic amines) is 1. The maximum atomic E-state index is 12.1. The van der Waals surface area contributed by atoms with Crippen LogP contribution in [0.4, 0.5) is 0 Å². The van der Waals surface area contributed by atoms with E-state index in [2.05, 4.69) is 5.32 Å². The van der Waals surface area contributed by atoms with E-state index in [9.17, 15) is 9.59 Å². The number of piperidine rings is 1. The molecule has 5 heteroatoms. The second kappa shape index (κ2) is 6.93. The number of hydrogen-bond acceptors (Lipinski definition) is 3. The summed E-state index contributed by atoms with van der Waals surface area (Å²) < 4.78 is 5.46. The van der Waals surface area contributed by atoms with Gasteiger partial charge in [0.25, 0.3) is 5.91 Å². The van der Waals surface area contributed by atoms with E-state index < -0.39 is 0 Å². The highest BCUT2D eigenvalue weighted by molar-refractivity contribution is 5.78. The quantitative estimate of drug-likeness (QED) is 0.898. The molecule has 1 aliphatic heterocycles. The van der Waals surface area contributed by atoms with Crippen molar-refractivity contribution in [3.63, 3.8) is 0 Å². The van der Waals surface area contributed by atoms with Crippen LogP contribution in [0.3, 0.4) is 0 Å². The average Bonchev–Trinajstić information content (AvgIpc) is 2.45. The average molecular weight is 276 g/mol. The number of para-hydroxylation sites is 1. The van der Waals surface area contributed by atoms with Crippen molar-refractivity contribution in [3.8, 4) is 5.75 Å². The minimum absolute atomic E-state index is 0.0381. The molecule has 0 radical (unpaired) electrons. The first-order valence-electron chi connectivity index (χ1n) is 6.88. The monoisotopic (exact) mass is 276 g/mol. The highest BCUT2D eigenvalue weighted by atomic mass is 16.5. The smallest absolute Gasteiger partial charge is 0.260 e. The van der Waals surface area contributed by atoms with Gasteiger partial charge in [-0.05, 0) is 25.0 Å². The molecule has 1 aliphatic rings. The number of ether oxygens (including phenoxy) is 1. The van der Waals surface area contributed by atoms with Crippen LogP contribution in [0, 0.1) is 0 Å². The molecular formula is C15H20N2O3. The summed E-state index contributed by atoms with van der Waals surface area (Å²) in [4.78, 5) is 24.9. The Morgan fingerprint density at radius 1 is 1.35 bits per heavy atom. The zero-order valence-corrected chi connectivity index (χ0v) is 11.7. The molecule has 2 rings (SSSR count). The summed E-state index contributed by atoms with van der Waals surface area (Å²) in [5.41, 5.74) is 0. The summed E-state index contributed by atoms with van der Waals surface area (Å²) in [7, 11) is 0. The lowest BCUT2D eigenvalue weighted by molar-refractivity contribution is -0.135. The molecule has 1 heterocycles. The topological polar surface area (TPSA) is 58.6 Å². The van der Waals surface area contributed by atoms with Crippen LogP contribution in [-0.2, 0) is 9.59 Å². The Morgan fingerprint density at radius 3 is 2.80 bits per heavy atom. The van der Waals surface area contributed by atoms with Crippen molar-refractivity contribution in [1.29, 1.82) is 0 Å². The van der Waals surface area contributed by atoms with Gasteiger partial charge in [0.2, 0.25) is 5.91 Å². The second-order valence-electron chi connectivity index (χ2n) is 4.98. The number of carbonyl (C=O) groups is 2. The molecule has 0 bridgehead atoms. The van der Waals surface area contributed by atoms with Crippen LogP contribution in [0.1, 0.15) is 19.8 Å². The number of benzene rings is 1. The van der Waals surface area contributed by atoms with Gasteiger partial charge in [0, 0.05) is 26.1 Å². The van der Waals surface area contributed by atoms with Gasteiger partial charge in [-0.3, -0.25) is 9.59 Å². The lowest BCUT2D eigenvalue weighted by atomic mass is 10.1. The fraction of sp³-hybridized carbons (Fsp3) is 0.467. The molecular weight excluding hydrogens is 256 g/mol. The van der Waals surface area contributed by atoms with Gasteiger partial charge in [0.05, 0.1) is 0 Å². The Balaban J connectivity index is 1.81. The zero-order valence-electron chi connectivity index (χ0n) is 11.7. The Hall–Kier alpha value is -2.04. The van der Waals surface area contributed by atoms with Gasteiger partial charge in [-0.2, -0.15) is 0 Å². The lowest BCUT2D eigenvalue weighted by Gasteiger charge is -2.32. The highest BCUT2D eigenvalue weighted by Crippen LogP contribution is 2.12. The summed E-state index contributed by atoms with van der Waals surface area (Å²) in [6.07, 6.45) is 1.82. The predicted octanol–water partition coefficient (Wildman–Crippen LogP) is 1.19. The van der Waals surface area contributed by atoms with Crippen molar-refractivity contribution >= 4 is 11.8 Å². The third-order valence-electron chi connectivity index (χ3n) is 3.29. The number of rotatable bonds is 4. The summed E-state index contributed by atoms with van der Waals surface area (Å²) in [6, 6.07) is 9.34. The molecule has 0 saturated carbocycles. The molecule has 5 nitrogen and oxygen atoms in total. The van der Waals surface area contributed by atoms with E-state index in [0.29, 0.717) is 12.3 Å². The maximum absolute atomic E-state index is 12.1. The number of amides is 2. The molecule has 108 valence electrons. The molecule has 1 unspecified atom stereocenters. The molecule has 0 aliphatic carbocycles. The van der Waals surface area contributed by atoms with E-state index >= 15 is 0 Å². The minimum Gasteiger partial charge on any atom is -0.484 e. The molecule has 0 spiro atoms. The maximum Gasteiger partial charge on any atom is 0.260 e. The van der Waals surface area contributed by atoms with Gasteiger partial charge >= 0.3 is 0 Å². The van der Waals surface area contributed by atoms with E-state index in [1.807, 2.05) is 30.3 Å². The Morgan fingerprint density at radius 2 is 2.10 bits per heavy atom. The Kier molecular flexibility index (Phi) is 4.98. The van der Waals surface area contributed by atoms with E-state index in [4.69, 9.17) is 4.74 Å². The summed E-state index contributed by atoms with van der Waals surface area (Å²) in [5.74, 6) is 0.602. The van der Waals surface area contributed by atoms with Crippen LogP contribution in [0.5, 0.6) is 5.75 Å². The first kappa shape index (κ1) is 14.4. The van der Waals surface area contributed by atoms with Crippen molar-refractivity contribution in [2.75, 3.05) is 19.7 Å². The lowest BCUT2D eigenvalue weighted by Crippen LogP contribution is -2.50. The van der Waals surface area contributed by atoms with Gasteiger partial charge in [0.15, 0.2) is 6.61 Å². The summed E-state index contributed by atoms with van der Waals surface area (Å²) in [6.45, 7) is 2.83. The minimum atomic E-state index is -0.0511. The zero-order chi connectivity index (χ0) is 14.4. The second-order valence-corrected chi connectivity index (χ2v) is 4.98. The van der Waals surface area contributed by atoms with Crippen molar-refractivity contribution in [3.05, 3.63) is 30.3 Å². The van der Waals surface area contributed by atoms with Crippen molar-refractivity contribution < 1.29 is 14.3 Å². The third kappa shape index (κ3) is 4.26. The van der Waals surface area contributed by atoms with Crippen LogP contribution in [-0.4, -0.2) is 42.5 Å². The van der Waals surface area contributed by atoms with Crippen molar-refractivity contribution in [1.82, 2.24) is 10.2 Å². The molecule has 1 saturated heterocycles. The van der Waals surface area contributed by atoms with Gasteiger partial charge in [0.1, 0.15) is 5.75 Å². The molecule has 1 atom stereocenters. The third-order valence-corrected chi connectivity index (χ3v) is 3.29. The van der Waals surface area contributed by atoms with Gasteiger partial charge in [-0.1, -0.05) is 18.2 Å². The van der Waals surface area contributed by atoms with Crippen LogP contribution in [0.15, 0.2) is 30.3 Å². The molecule has 1 aromatic rings. The van der Waals surface area contributed by atoms with Gasteiger partial charge in [-0.15, -0.1) is 0 Å². The van der Waals surface area contributed by atoms with E-state index in [-0.39, 0.29) is 24.5 Å². The Bertz CT molecular complexity index is 461. The number of nitrogens with one attached hydrogen (secondary N) is 1.